The first-order valence-corrected chi connectivity index (χ1v) is 7.65. The molecule has 0 aliphatic heterocycles. The molecule has 2 aromatic rings. The first-order valence-electron chi connectivity index (χ1n) is 7.65. The van der Waals surface area contributed by atoms with E-state index in [0.29, 0.717) is 0 Å². The lowest BCUT2D eigenvalue weighted by molar-refractivity contribution is -0.122. The highest BCUT2D eigenvalue weighted by atomic mass is 16.3. The third-order valence-corrected chi connectivity index (χ3v) is 4.88. The van der Waals surface area contributed by atoms with E-state index >= 15 is 0 Å². The van der Waals surface area contributed by atoms with E-state index in [1.54, 1.807) is 6.26 Å². The molecule has 108 valence electrons. The number of amides is 1. The van der Waals surface area contributed by atoms with Crippen LogP contribution in [0.3, 0.4) is 0 Å². The summed E-state index contributed by atoms with van der Waals surface area (Å²) in [6.45, 7) is 0.761. The molecule has 3 nitrogen and oxygen atoms in total. The van der Waals surface area contributed by atoms with Gasteiger partial charge in [0.25, 0.3) is 0 Å². The van der Waals surface area contributed by atoms with E-state index in [2.05, 4.69) is 29.6 Å². The first-order chi connectivity index (χ1) is 10.3. The molecule has 2 aliphatic carbocycles. The van der Waals surface area contributed by atoms with Crippen molar-refractivity contribution in [2.24, 2.45) is 5.92 Å². The number of carbonyl (C=O) groups is 1. The topological polar surface area (TPSA) is 42.2 Å². The molecule has 4 rings (SSSR count). The van der Waals surface area contributed by atoms with Crippen molar-refractivity contribution in [3.05, 3.63) is 60.1 Å². The van der Waals surface area contributed by atoms with E-state index in [9.17, 15) is 4.79 Å². The Hall–Kier alpha value is -2.03. The second-order valence-corrected chi connectivity index (χ2v) is 6.33. The SMILES string of the molecule is O=C(NCC1(c2ccccc2)CC1)[C@@H]1C[C@@H]1c1ccco1. The summed E-state index contributed by atoms with van der Waals surface area (Å²) in [5.74, 6) is 1.51. The fourth-order valence-corrected chi connectivity index (χ4v) is 3.20. The molecule has 2 aliphatic rings. The standard InChI is InChI=1S/C18H19NO2/c20-17(15-11-14(15)16-7-4-10-21-16)19-12-18(8-9-18)13-5-2-1-3-6-13/h1-7,10,14-15H,8-9,11-12H2,(H,19,20)/t14-,15+/m0/s1. The van der Waals surface area contributed by atoms with Gasteiger partial charge in [-0.2, -0.15) is 0 Å². The summed E-state index contributed by atoms with van der Waals surface area (Å²) < 4.78 is 5.38. The van der Waals surface area contributed by atoms with Gasteiger partial charge in [-0.3, -0.25) is 4.79 Å². The average Bonchev–Trinajstić information content (AvgIpc) is 3.44. The van der Waals surface area contributed by atoms with Gasteiger partial charge in [-0.05, 0) is 37.0 Å². The second-order valence-electron chi connectivity index (χ2n) is 6.33. The summed E-state index contributed by atoms with van der Waals surface area (Å²) in [7, 11) is 0. The summed E-state index contributed by atoms with van der Waals surface area (Å²) in [6.07, 6.45) is 4.93. The monoisotopic (exact) mass is 281 g/mol. The van der Waals surface area contributed by atoms with E-state index in [4.69, 9.17) is 4.42 Å². The van der Waals surface area contributed by atoms with Crippen molar-refractivity contribution in [1.29, 1.82) is 0 Å². The van der Waals surface area contributed by atoms with Gasteiger partial charge in [0.2, 0.25) is 5.91 Å². The predicted octanol–water partition coefficient (Wildman–Crippen LogP) is 3.23. The lowest BCUT2D eigenvalue weighted by atomic mass is 9.96. The Balaban J connectivity index is 1.35. The van der Waals surface area contributed by atoms with Crippen LogP contribution in [0, 0.1) is 5.92 Å². The van der Waals surface area contributed by atoms with E-state index in [1.165, 1.54) is 18.4 Å². The van der Waals surface area contributed by atoms with Gasteiger partial charge in [-0.15, -0.1) is 0 Å². The molecular formula is C18H19NO2. The smallest absolute Gasteiger partial charge is 0.223 e. The lowest BCUT2D eigenvalue weighted by Crippen LogP contribution is -2.33. The van der Waals surface area contributed by atoms with Gasteiger partial charge in [-0.25, -0.2) is 0 Å². The number of hydrogen-bond acceptors (Lipinski definition) is 2. The van der Waals surface area contributed by atoms with Crippen molar-refractivity contribution >= 4 is 5.91 Å². The van der Waals surface area contributed by atoms with E-state index in [1.807, 2.05) is 18.2 Å². The summed E-state index contributed by atoms with van der Waals surface area (Å²) >= 11 is 0. The number of rotatable bonds is 5. The van der Waals surface area contributed by atoms with Crippen LogP contribution >= 0.6 is 0 Å². The minimum Gasteiger partial charge on any atom is -0.469 e. The minimum atomic E-state index is 0.0997. The largest absolute Gasteiger partial charge is 0.469 e. The van der Waals surface area contributed by atoms with Crippen molar-refractivity contribution in [1.82, 2.24) is 5.32 Å². The Morgan fingerprint density at radius 1 is 1.19 bits per heavy atom. The zero-order chi connectivity index (χ0) is 14.3. The molecule has 0 spiro atoms. The van der Waals surface area contributed by atoms with Gasteiger partial charge in [0.1, 0.15) is 5.76 Å². The molecule has 0 unspecified atom stereocenters. The molecule has 2 atom stereocenters. The highest BCUT2D eigenvalue weighted by molar-refractivity contribution is 5.82. The lowest BCUT2D eigenvalue weighted by Gasteiger charge is -2.16. The number of carbonyl (C=O) groups excluding carboxylic acids is 1. The first kappa shape index (κ1) is 12.7. The van der Waals surface area contributed by atoms with Crippen molar-refractivity contribution in [2.45, 2.75) is 30.6 Å². The van der Waals surface area contributed by atoms with Crippen molar-refractivity contribution in [3.8, 4) is 0 Å². The fraction of sp³-hybridized carbons (Fsp3) is 0.389. The maximum absolute atomic E-state index is 12.3. The molecule has 21 heavy (non-hydrogen) atoms. The van der Waals surface area contributed by atoms with Gasteiger partial charge in [0.05, 0.1) is 6.26 Å². The van der Waals surface area contributed by atoms with Gasteiger partial charge < -0.3 is 9.73 Å². The van der Waals surface area contributed by atoms with Crippen LogP contribution in [0.1, 0.15) is 36.5 Å². The summed E-state index contributed by atoms with van der Waals surface area (Å²) in [6, 6.07) is 14.4. The molecule has 2 fully saturated rings. The third-order valence-electron chi connectivity index (χ3n) is 4.88. The molecule has 0 radical (unpaired) electrons. The van der Waals surface area contributed by atoms with Gasteiger partial charge in [0.15, 0.2) is 0 Å². The van der Waals surface area contributed by atoms with E-state index in [0.717, 1.165) is 18.7 Å². The molecule has 1 aromatic heterocycles. The minimum absolute atomic E-state index is 0.0997. The number of benzene rings is 1. The Morgan fingerprint density at radius 2 is 2.00 bits per heavy atom. The molecule has 2 saturated carbocycles. The molecule has 0 saturated heterocycles. The van der Waals surface area contributed by atoms with E-state index in [-0.39, 0.29) is 23.2 Å². The quantitative estimate of drug-likeness (QED) is 0.914. The average molecular weight is 281 g/mol. The Kier molecular flexibility index (Phi) is 2.88. The van der Waals surface area contributed by atoms with Crippen LogP contribution in [0.5, 0.6) is 0 Å². The summed E-state index contributed by atoms with van der Waals surface area (Å²) in [4.78, 5) is 12.3. The van der Waals surface area contributed by atoms with Gasteiger partial charge in [0, 0.05) is 23.8 Å². The predicted molar refractivity (Wildman–Crippen MR) is 79.9 cm³/mol. The van der Waals surface area contributed by atoms with Gasteiger partial charge in [-0.1, -0.05) is 30.3 Å². The summed E-state index contributed by atoms with van der Waals surface area (Å²) in [5.41, 5.74) is 1.54. The number of hydrogen-bond donors (Lipinski definition) is 1. The number of furan rings is 1. The second kappa shape index (κ2) is 4.76. The maximum Gasteiger partial charge on any atom is 0.223 e. The molecule has 0 bridgehead atoms. The van der Waals surface area contributed by atoms with Crippen molar-refractivity contribution in [3.63, 3.8) is 0 Å². The Bertz CT molecular complexity index is 629. The normalized spacial score (nSPS) is 25.3. The molecule has 3 heteroatoms. The zero-order valence-corrected chi connectivity index (χ0v) is 11.9. The zero-order valence-electron chi connectivity index (χ0n) is 11.9. The van der Waals surface area contributed by atoms with Crippen molar-refractivity contribution in [2.75, 3.05) is 6.54 Å². The molecule has 1 aromatic carbocycles. The molecule has 1 amide bonds. The van der Waals surface area contributed by atoms with Gasteiger partial charge >= 0.3 is 0 Å². The van der Waals surface area contributed by atoms with Crippen LogP contribution in [0.15, 0.2) is 53.1 Å². The van der Waals surface area contributed by atoms with Crippen LogP contribution in [-0.2, 0) is 10.2 Å². The Labute approximate surface area is 124 Å². The number of nitrogens with one attached hydrogen (secondary N) is 1. The van der Waals surface area contributed by atoms with Crippen LogP contribution in [0.4, 0.5) is 0 Å². The van der Waals surface area contributed by atoms with Crippen LogP contribution in [0.25, 0.3) is 0 Å². The van der Waals surface area contributed by atoms with Crippen molar-refractivity contribution < 1.29 is 9.21 Å². The highest BCUT2D eigenvalue weighted by Gasteiger charge is 2.48. The fourth-order valence-electron chi connectivity index (χ4n) is 3.20. The maximum atomic E-state index is 12.3. The highest BCUT2D eigenvalue weighted by Crippen LogP contribution is 2.49. The molecule has 1 N–H and O–H groups in total. The van der Waals surface area contributed by atoms with E-state index < -0.39 is 0 Å². The Morgan fingerprint density at radius 3 is 2.67 bits per heavy atom. The van der Waals surface area contributed by atoms with Crippen LogP contribution < -0.4 is 5.32 Å². The van der Waals surface area contributed by atoms with Crippen LogP contribution in [-0.4, -0.2) is 12.5 Å². The van der Waals surface area contributed by atoms with Crippen LogP contribution in [0.2, 0.25) is 0 Å². The summed E-state index contributed by atoms with van der Waals surface area (Å²) in [5, 5.41) is 3.16. The third kappa shape index (κ3) is 2.37. The molecule has 1 heterocycles. The molecular weight excluding hydrogens is 262 g/mol.